The molecule has 2 aromatic rings. The van der Waals surface area contributed by atoms with E-state index < -0.39 is 22.6 Å². The lowest BCUT2D eigenvalue weighted by Gasteiger charge is -2.37. The molecular weight excluding hydrogens is 500 g/mol. The second-order valence-electron chi connectivity index (χ2n) is 10.2. The third-order valence-electron chi connectivity index (χ3n) is 8.05. The molecule has 3 fully saturated rings. The number of rotatable bonds is 11. The van der Waals surface area contributed by atoms with Gasteiger partial charge in [0.2, 0.25) is 5.91 Å². The molecule has 1 N–H and O–H groups in total. The second-order valence-corrected chi connectivity index (χ2v) is 11.8. The number of anilines is 1. The number of carbonyl (C=O) groups is 3. The molecule has 0 saturated carbocycles. The summed E-state index contributed by atoms with van der Waals surface area (Å²) in [7, 11) is 0. The molecule has 3 saturated heterocycles. The zero-order chi connectivity index (χ0) is 26.9. The van der Waals surface area contributed by atoms with Crippen molar-refractivity contribution in [1.82, 2.24) is 4.90 Å². The Kier molecular flexibility index (Phi) is 7.63. The molecule has 2 aromatic carbocycles. The molecule has 2 amide bonds. The quantitative estimate of drug-likeness (QED) is 0.267. The molecule has 2 unspecified atom stereocenters. The smallest absolute Gasteiger partial charge is 0.310 e. The fourth-order valence-corrected chi connectivity index (χ4v) is 8.67. The van der Waals surface area contributed by atoms with Crippen LogP contribution in [0.2, 0.25) is 0 Å². The van der Waals surface area contributed by atoms with E-state index in [2.05, 4.69) is 13.2 Å². The highest BCUT2D eigenvalue weighted by Gasteiger charge is 2.74. The van der Waals surface area contributed by atoms with Gasteiger partial charge in [0.15, 0.2) is 0 Å². The third kappa shape index (κ3) is 4.33. The third-order valence-corrected chi connectivity index (χ3v) is 10.0. The van der Waals surface area contributed by atoms with Gasteiger partial charge in [0.05, 0.1) is 23.2 Å². The van der Waals surface area contributed by atoms with Gasteiger partial charge < -0.3 is 19.6 Å². The lowest BCUT2D eigenvalue weighted by molar-refractivity contribution is -0.154. The van der Waals surface area contributed by atoms with E-state index in [-0.39, 0.29) is 49.3 Å². The van der Waals surface area contributed by atoms with Crippen LogP contribution in [0.15, 0.2) is 67.8 Å². The van der Waals surface area contributed by atoms with Crippen molar-refractivity contribution in [2.45, 2.75) is 41.7 Å². The van der Waals surface area contributed by atoms with Crippen LogP contribution < -0.4 is 4.90 Å². The first-order valence-corrected chi connectivity index (χ1v) is 14.1. The highest BCUT2D eigenvalue weighted by atomic mass is 32.2. The van der Waals surface area contributed by atoms with E-state index in [1.54, 1.807) is 33.7 Å². The number of fused-ring (bicyclic) bond motifs is 2. The Hall–Kier alpha value is -3.10. The molecule has 38 heavy (non-hydrogen) atoms. The zero-order valence-electron chi connectivity index (χ0n) is 21.5. The fraction of sp³-hybridized carbons (Fsp3) is 0.433. The maximum Gasteiger partial charge on any atom is 0.310 e. The first kappa shape index (κ1) is 26.5. The number of hydrogen-bond acceptors (Lipinski definition) is 6. The number of benzene rings is 2. The van der Waals surface area contributed by atoms with E-state index in [0.29, 0.717) is 19.3 Å². The van der Waals surface area contributed by atoms with Gasteiger partial charge in [-0.2, -0.15) is 0 Å². The van der Waals surface area contributed by atoms with Gasteiger partial charge in [0.25, 0.3) is 5.91 Å². The topological polar surface area (TPSA) is 87.2 Å². The molecule has 7 nitrogen and oxygen atoms in total. The number of aliphatic hydroxyl groups is 1. The minimum atomic E-state index is -0.737. The lowest BCUT2D eigenvalue weighted by Crippen LogP contribution is -2.55. The monoisotopic (exact) mass is 534 g/mol. The number of thioether (sulfide) groups is 1. The molecule has 3 heterocycles. The van der Waals surface area contributed by atoms with Crippen LogP contribution in [0.3, 0.4) is 0 Å². The summed E-state index contributed by atoms with van der Waals surface area (Å²) in [6.45, 7) is 8.24. The van der Waals surface area contributed by atoms with Gasteiger partial charge in [-0.25, -0.2) is 0 Å². The molecule has 200 valence electrons. The highest BCUT2D eigenvalue weighted by Crippen LogP contribution is 2.66. The summed E-state index contributed by atoms with van der Waals surface area (Å²) in [5.74, 6) is -1.92. The number of amides is 2. The summed E-state index contributed by atoms with van der Waals surface area (Å²) in [6, 6.07) is 13.1. The molecule has 5 atom stereocenters. The predicted molar refractivity (Wildman–Crippen MR) is 150 cm³/mol. The van der Waals surface area contributed by atoms with Crippen LogP contribution in [0.1, 0.15) is 25.7 Å². The Morgan fingerprint density at radius 2 is 1.97 bits per heavy atom. The summed E-state index contributed by atoms with van der Waals surface area (Å²) in [5, 5.41) is 11.6. The van der Waals surface area contributed by atoms with Crippen molar-refractivity contribution in [2.75, 3.05) is 31.2 Å². The number of hydrogen-bond donors (Lipinski definition) is 1. The van der Waals surface area contributed by atoms with Crippen LogP contribution in [-0.2, 0) is 19.1 Å². The molecule has 8 heteroatoms. The average molecular weight is 535 g/mol. The van der Waals surface area contributed by atoms with Crippen LogP contribution in [-0.4, -0.2) is 70.1 Å². The summed E-state index contributed by atoms with van der Waals surface area (Å²) >= 11 is 1.62. The number of aliphatic hydroxyl groups excluding tert-OH is 1. The van der Waals surface area contributed by atoms with Gasteiger partial charge in [-0.1, -0.05) is 42.5 Å². The van der Waals surface area contributed by atoms with E-state index in [9.17, 15) is 19.5 Å². The summed E-state index contributed by atoms with van der Waals surface area (Å²) in [4.78, 5) is 44.9. The van der Waals surface area contributed by atoms with Gasteiger partial charge in [0, 0.05) is 30.6 Å². The Bertz CT molecular complexity index is 1260. The van der Waals surface area contributed by atoms with Crippen molar-refractivity contribution in [3.8, 4) is 0 Å². The van der Waals surface area contributed by atoms with Crippen molar-refractivity contribution >= 4 is 46.0 Å². The Morgan fingerprint density at radius 3 is 2.71 bits per heavy atom. The van der Waals surface area contributed by atoms with Crippen molar-refractivity contribution in [3.05, 3.63) is 67.8 Å². The molecule has 0 aromatic heterocycles. The largest absolute Gasteiger partial charge is 0.465 e. The zero-order valence-corrected chi connectivity index (χ0v) is 22.3. The minimum absolute atomic E-state index is 0.0519. The van der Waals surface area contributed by atoms with E-state index >= 15 is 0 Å². The number of carbonyl (C=O) groups excluding carboxylic acids is 3. The Labute approximate surface area is 227 Å². The second kappa shape index (κ2) is 10.9. The van der Waals surface area contributed by atoms with Crippen LogP contribution in [0, 0.1) is 11.8 Å². The normalized spacial score (nSPS) is 27.4. The lowest BCUT2D eigenvalue weighted by atomic mass is 9.71. The molecule has 3 aliphatic rings. The molecule has 0 aliphatic carbocycles. The number of ether oxygens (including phenoxy) is 1. The van der Waals surface area contributed by atoms with Gasteiger partial charge in [-0.15, -0.1) is 24.9 Å². The highest BCUT2D eigenvalue weighted by molar-refractivity contribution is 8.02. The van der Waals surface area contributed by atoms with Crippen molar-refractivity contribution < 1.29 is 24.2 Å². The summed E-state index contributed by atoms with van der Waals surface area (Å²) in [5.41, 5.74) is 0.737. The molecule has 2 bridgehead atoms. The summed E-state index contributed by atoms with van der Waals surface area (Å²) < 4.78 is 4.84. The van der Waals surface area contributed by atoms with Crippen molar-refractivity contribution in [1.29, 1.82) is 0 Å². The first-order chi connectivity index (χ1) is 18.5. The number of likely N-dealkylation sites (tertiary alicyclic amines) is 1. The van der Waals surface area contributed by atoms with Crippen LogP contribution in [0.25, 0.3) is 10.8 Å². The minimum Gasteiger partial charge on any atom is -0.465 e. The van der Waals surface area contributed by atoms with Crippen LogP contribution in [0.5, 0.6) is 0 Å². The molecule has 5 rings (SSSR count). The number of esters is 1. The molecule has 0 radical (unpaired) electrons. The SMILES string of the molecule is C=CCCOC(=O)[C@@H]1[C@@H]2CCC3(S2)C(C(=O)N(CC=C)c2ccc4ccccc4c2)N(CCCO)C(=O)[C@H]13. The van der Waals surface area contributed by atoms with Gasteiger partial charge in [-0.3, -0.25) is 14.4 Å². The van der Waals surface area contributed by atoms with Crippen molar-refractivity contribution in [2.24, 2.45) is 11.8 Å². The fourth-order valence-electron chi connectivity index (χ4n) is 6.46. The maximum atomic E-state index is 14.5. The summed E-state index contributed by atoms with van der Waals surface area (Å²) in [6.07, 6.45) is 5.73. The van der Waals surface area contributed by atoms with Gasteiger partial charge in [-0.05, 0) is 48.6 Å². The van der Waals surface area contributed by atoms with Crippen LogP contribution >= 0.6 is 11.8 Å². The Morgan fingerprint density at radius 1 is 1.18 bits per heavy atom. The van der Waals surface area contributed by atoms with E-state index in [4.69, 9.17) is 4.74 Å². The maximum absolute atomic E-state index is 14.5. The first-order valence-electron chi connectivity index (χ1n) is 13.2. The van der Waals surface area contributed by atoms with Crippen molar-refractivity contribution in [3.63, 3.8) is 0 Å². The van der Waals surface area contributed by atoms with Gasteiger partial charge in [0.1, 0.15) is 6.04 Å². The average Bonchev–Trinajstić information content (AvgIpc) is 3.57. The van der Waals surface area contributed by atoms with E-state index in [1.807, 2.05) is 42.5 Å². The standard InChI is InChI=1S/C30H34N2O5S/c1-3-5-18-37-29(36)24-23-13-14-30(38-23)25(24)27(34)32(16-8-17-33)26(30)28(35)31(15-4-2)22-12-11-20-9-6-7-10-21(20)19-22/h3-4,6-7,9-12,19,23-26,33H,1-2,5,8,13-18H2/t23-,24+,25-,26?,30?/m0/s1. The van der Waals surface area contributed by atoms with Crippen LogP contribution in [0.4, 0.5) is 5.69 Å². The molecule has 1 spiro atoms. The molecular formula is C30H34N2O5S. The van der Waals surface area contributed by atoms with E-state index in [0.717, 1.165) is 22.9 Å². The number of nitrogens with zero attached hydrogens (tertiary/aromatic N) is 2. The Balaban J connectivity index is 1.52. The van der Waals surface area contributed by atoms with E-state index in [1.165, 1.54) is 0 Å². The predicted octanol–water partition coefficient (Wildman–Crippen LogP) is 3.95. The van der Waals surface area contributed by atoms with Gasteiger partial charge >= 0.3 is 5.97 Å². The molecule has 3 aliphatic heterocycles.